The fourth-order valence-corrected chi connectivity index (χ4v) is 3.37. The molecule has 1 N–H and O–H groups in total. The lowest BCUT2D eigenvalue weighted by molar-refractivity contribution is 0.382. The third-order valence-electron chi connectivity index (χ3n) is 3.19. The largest absolute Gasteiger partial charge is 0.338 e. The van der Waals surface area contributed by atoms with Gasteiger partial charge >= 0.3 is 0 Å². The zero-order chi connectivity index (χ0) is 14.2. The Morgan fingerprint density at radius 2 is 1.84 bits per heavy atom. The molecule has 108 valence electrons. The van der Waals surface area contributed by atoms with Gasteiger partial charge in [0.2, 0.25) is 16.0 Å². The van der Waals surface area contributed by atoms with Crippen LogP contribution in [0, 0.1) is 4.77 Å². The van der Waals surface area contributed by atoms with Crippen molar-refractivity contribution >= 4 is 28.2 Å². The van der Waals surface area contributed by atoms with E-state index in [1.807, 2.05) is 18.4 Å². The Bertz CT molecular complexity index is 596. The minimum absolute atomic E-state index is 0.217. The van der Waals surface area contributed by atoms with Crippen molar-refractivity contribution in [2.24, 2.45) is 0 Å². The van der Waals surface area contributed by atoms with Crippen LogP contribution in [-0.2, 0) is 10.0 Å². The van der Waals surface area contributed by atoms with Gasteiger partial charge in [-0.05, 0) is 26.1 Å². The summed E-state index contributed by atoms with van der Waals surface area (Å²) >= 11 is 5.21. The van der Waals surface area contributed by atoms with E-state index in [9.17, 15) is 8.42 Å². The van der Waals surface area contributed by atoms with Gasteiger partial charge in [-0.1, -0.05) is 0 Å². The quantitative estimate of drug-likeness (QED) is 0.828. The second-order valence-electron chi connectivity index (χ2n) is 4.94. The lowest BCUT2D eigenvalue weighted by Crippen LogP contribution is -2.49. The molecule has 2 heterocycles. The first-order chi connectivity index (χ1) is 8.80. The Morgan fingerprint density at radius 3 is 2.32 bits per heavy atom. The molecule has 7 nitrogen and oxygen atoms in total. The van der Waals surface area contributed by atoms with E-state index in [1.165, 1.54) is 10.6 Å². The predicted octanol–water partition coefficient (Wildman–Crippen LogP) is 0.603. The third-order valence-corrected chi connectivity index (χ3v) is 4.78. The maximum absolute atomic E-state index is 11.5. The summed E-state index contributed by atoms with van der Waals surface area (Å²) in [6.07, 6.45) is 1.24. The van der Waals surface area contributed by atoms with Crippen molar-refractivity contribution in [3.8, 4) is 0 Å². The molecule has 1 saturated heterocycles. The average molecular weight is 305 g/mol. The van der Waals surface area contributed by atoms with Crippen LogP contribution in [-0.4, -0.2) is 59.9 Å². The molecular weight excluding hydrogens is 286 g/mol. The molecule has 19 heavy (non-hydrogen) atoms. The van der Waals surface area contributed by atoms with Crippen molar-refractivity contribution in [1.29, 1.82) is 0 Å². The topological polar surface area (TPSA) is 74.2 Å². The number of nitrogens with one attached hydrogen (secondary N) is 1. The highest BCUT2D eigenvalue weighted by Gasteiger charge is 2.26. The van der Waals surface area contributed by atoms with Gasteiger partial charge in [-0.25, -0.2) is 13.5 Å². The lowest BCUT2D eigenvalue weighted by atomic mass is 10.3. The highest BCUT2D eigenvalue weighted by molar-refractivity contribution is 7.88. The van der Waals surface area contributed by atoms with Crippen LogP contribution in [0.25, 0.3) is 0 Å². The fourth-order valence-electron chi connectivity index (χ4n) is 2.20. The number of H-pyrrole nitrogens is 1. The monoisotopic (exact) mass is 305 g/mol. The number of anilines is 1. The number of aromatic amines is 1. The summed E-state index contributed by atoms with van der Waals surface area (Å²) in [6.45, 7) is 6.30. The second kappa shape index (κ2) is 5.22. The Hall–Kier alpha value is -0.930. The third kappa shape index (κ3) is 2.98. The molecule has 1 aliphatic heterocycles. The van der Waals surface area contributed by atoms with Crippen molar-refractivity contribution in [1.82, 2.24) is 19.1 Å². The van der Waals surface area contributed by atoms with Crippen LogP contribution in [0.1, 0.15) is 19.9 Å². The number of aromatic nitrogens is 3. The van der Waals surface area contributed by atoms with E-state index in [0.717, 1.165) is 5.95 Å². The van der Waals surface area contributed by atoms with E-state index >= 15 is 0 Å². The smallest absolute Gasteiger partial charge is 0.226 e. The van der Waals surface area contributed by atoms with Gasteiger partial charge in [-0.2, -0.15) is 4.31 Å². The Kier molecular flexibility index (Phi) is 3.98. The maximum atomic E-state index is 11.5. The van der Waals surface area contributed by atoms with Crippen molar-refractivity contribution in [3.63, 3.8) is 0 Å². The van der Waals surface area contributed by atoms with Crippen LogP contribution in [0.4, 0.5) is 5.95 Å². The standard InChI is InChI=1S/C10H19N5O2S2/c1-8(2)15-9(11-12-10(15)18)13-4-6-14(7-5-13)19(3,16)17/h8H,4-7H2,1-3H3,(H,12,18). The summed E-state index contributed by atoms with van der Waals surface area (Å²) < 4.78 is 27.0. The van der Waals surface area contributed by atoms with E-state index in [2.05, 4.69) is 15.1 Å². The van der Waals surface area contributed by atoms with Gasteiger partial charge in [-0.3, -0.25) is 4.57 Å². The predicted molar refractivity (Wildman–Crippen MR) is 76.4 cm³/mol. The molecule has 1 aliphatic rings. The van der Waals surface area contributed by atoms with Gasteiger partial charge in [0.15, 0.2) is 4.77 Å². The number of nitrogens with zero attached hydrogens (tertiary/aromatic N) is 4. The summed E-state index contributed by atoms with van der Waals surface area (Å²) in [6, 6.07) is 0.217. The van der Waals surface area contributed by atoms with Gasteiger partial charge in [-0.15, -0.1) is 5.10 Å². The highest BCUT2D eigenvalue weighted by Crippen LogP contribution is 2.19. The molecule has 1 fully saturated rings. The van der Waals surface area contributed by atoms with Crippen LogP contribution >= 0.6 is 12.2 Å². The van der Waals surface area contributed by atoms with Crippen molar-refractivity contribution in [2.45, 2.75) is 19.9 Å². The van der Waals surface area contributed by atoms with E-state index in [-0.39, 0.29) is 6.04 Å². The minimum Gasteiger partial charge on any atom is -0.338 e. The first-order valence-electron chi connectivity index (χ1n) is 6.17. The van der Waals surface area contributed by atoms with E-state index < -0.39 is 10.0 Å². The van der Waals surface area contributed by atoms with Gasteiger partial charge in [0.1, 0.15) is 0 Å². The average Bonchev–Trinajstić information content (AvgIpc) is 2.70. The number of piperazine rings is 1. The molecule has 9 heteroatoms. The van der Waals surface area contributed by atoms with Crippen LogP contribution in [0.3, 0.4) is 0 Å². The summed E-state index contributed by atoms with van der Waals surface area (Å²) in [5, 5.41) is 7.05. The number of sulfonamides is 1. The molecule has 0 atom stereocenters. The summed E-state index contributed by atoms with van der Waals surface area (Å²) in [5.74, 6) is 0.785. The summed E-state index contributed by atoms with van der Waals surface area (Å²) in [7, 11) is -3.10. The maximum Gasteiger partial charge on any atom is 0.226 e. The van der Waals surface area contributed by atoms with E-state index in [4.69, 9.17) is 12.2 Å². The van der Waals surface area contributed by atoms with Crippen molar-refractivity contribution in [2.75, 3.05) is 37.3 Å². The van der Waals surface area contributed by atoms with Gasteiger partial charge < -0.3 is 4.90 Å². The molecule has 0 saturated carbocycles. The first-order valence-corrected chi connectivity index (χ1v) is 8.43. The Balaban J connectivity index is 2.17. The lowest BCUT2D eigenvalue weighted by Gasteiger charge is -2.34. The molecular formula is C10H19N5O2S2. The second-order valence-corrected chi connectivity index (χ2v) is 7.31. The molecule has 0 bridgehead atoms. The normalized spacial score (nSPS) is 18.2. The van der Waals surface area contributed by atoms with Crippen LogP contribution in [0.15, 0.2) is 0 Å². The zero-order valence-corrected chi connectivity index (χ0v) is 13.0. The first kappa shape index (κ1) is 14.5. The van der Waals surface area contributed by atoms with Crippen LogP contribution in [0.2, 0.25) is 0 Å². The summed E-state index contributed by atoms with van der Waals surface area (Å²) in [5.41, 5.74) is 0. The van der Waals surface area contributed by atoms with E-state index in [0.29, 0.717) is 31.0 Å². The molecule has 1 aromatic heterocycles. The minimum atomic E-state index is -3.10. The van der Waals surface area contributed by atoms with Crippen molar-refractivity contribution in [3.05, 3.63) is 4.77 Å². The molecule has 0 unspecified atom stereocenters. The number of hydrogen-bond donors (Lipinski definition) is 1. The molecule has 1 aromatic rings. The molecule has 0 spiro atoms. The van der Waals surface area contributed by atoms with Gasteiger partial charge in [0, 0.05) is 32.2 Å². The van der Waals surface area contributed by atoms with Gasteiger partial charge in [0.25, 0.3) is 0 Å². The highest BCUT2D eigenvalue weighted by atomic mass is 32.2. The summed E-state index contributed by atoms with van der Waals surface area (Å²) in [4.78, 5) is 2.06. The van der Waals surface area contributed by atoms with Crippen molar-refractivity contribution < 1.29 is 8.42 Å². The molecule has 0 aromatic carbocycles. The molecule has 0 aliphatic carbocycles. The fraction of sp³-hybridized carbons (Fsp3) is 0.800. The Morgan fingerprint density at radius 1 is 1.26 bits per heavy atom. The van der Waals surface area contributed by atoms with Gasteiger partial charge in [0.05, 0.1) is 6.26 Å². The molecule has 2 rings (SSSR count). The van der Waals surface area contributed by atoms with Crippen LogP contribution < -0.4 is 4.90 Å². The molecule has 0 amide bonds. The van der Waals surface area contributed by atoms with Crippen LogP contribution in [0.5, 0.6) is 0 Å². The number of rotatable bonds is 3. The van der Waals surface area contributed by atoms with E-state index in [1.54, 1.807) is 0 Å². The Labute approximate surface area is 118 Å². The number of hydrogen-bond acceptors (Lipinski definition) is 5. The zero-order valence-electron chi connectivity index (χ0n) is 11.3. The SMILES string of the molecule is CC(C)n1c(N2CCN(S(C)(=O)=O)CC2)n[nH]c1=S. The molecule has 0 radical (unpaired) electrons.